The third-order valence-electron chi connectivity index (χ3n) is 5.25. The summed E-state index contributed by atoms with van der Waals surface area (Å²) >= 11 is 0. The van der Waals surface area contributed by atoms with Crippen LogP contribution in [0.5, 0.6) is 0 Å². The fraction of sp³-hybridized carbons (Fsp3) is 0.667. The van der Waals surface area contributed by atoms with Crippen LogP contribution in [0.15, 0.2) is 30.3 Å². The van der Waals surface area contributed by atoms with Crippen molar-refractivity contribution in [1.82, 2.24) is 10.2 Å². The molecule has 2 nitrogen and oxygen atoms in total. The van der Waals surface area contributed by atoms with Crippen LogP contribution in [-0.4, -0.2) is 36.6 Å². The van der Waals surface area contributed by atoms with E-state index in [4.69, 9.17) is 0 Å². The summed E-state index contributed by atoms with van der Waals surface area (Å²) in [7, 11) is 2.10. The SMILES string of the molecule is CNC1CCN(C(C)CCc2ccccc2)C(C)C1C. The minimum Gasteiger partial charge on any atom is -0.317 e. The maximum absolute atomic E-state index is 3.47. The first kappa shape index (κ1) is 15.5. The molecule has 0 saturated carbocycles. The quantitative estimate of drug-likeness (QED) is 0.886. The Balaban J connectivity index is 1.88. The lowest BCUT2D eigenvalue weighted by molar-refractivity contribution is 0.0519. The number of piperidine rings is 1. The van der Waals surface area contributed by atoms with Crippen LogP contribution in [0.3, 0.4) is 0 Å². The average molecular weight is 274 g/mol. The highest BCUT2D eigenvalue weighted by atomic mass is 15.2. The molecule has 1 N–H and O–H groups in total. The highest BCUT2D eigenvalue weighted by Gasteiger charge is 2.33. The molecule has 0 amide bonds. The van der Waals surface area contributed by atoms with Gasteiger partial charge in [0.05, 0.1) is 0 Å². The van der Waals surface area contributed by atoms with Crippen molar-refractivity contribution in [3.63, 3.8) is 0 Å². The van der Waals surface area contributed by atoms with Gasteiger partial charge in [-0.05, 0) is 51.6 Å². The van der Waals surface area contributed by atoms with Crippen molar-refractivity contribution in [2.75, 3.05) is 13.6 Å². The Bertz CT molecular complexity index is 390. The van der Waals surface area contributed by atoms with Crippen LogP contribution in [-0.2, 0) is 6.42 Å². The zero-order valence-electron chi connectivity index (χ0n) is 13.5. The maximum atomic E-state index is 3.47. The second kappa shape index (κ2) is 7.24. The van der Waals surface area contributed by atoms with Crippen molar-refractivity contribution in [2.45, 2.75) is 58.2 Å². The van der Waals surface area contributed by atoms with E-state index in [0.29, 0.717) is 18.1 Å². The Kier molecular flexibility index (Phi) is 5.62. The van der Waals surface area contributed by atoms with Gasteiger partial charge in [-0.25, -0.2) is 0 Å². The number of aryl methyl sites for hydroxylation is 1. The number of likely N-dealkylation sites (tertiary alicyclic amines) is 1. The van der Waals surface area contributed by atoms with Crippen LogP contribution in [0.2, 0.25) is 0 Å². The Morgan fingerprint density at radius 1 is 1.25 bits per heavy atom. The van der Waals surface area contributed by atoms with E-state index in [1.165, 1.54) is 31.4 Å². The molecule has 1 heterocycles. The van der Waals surface area contributed by atoms with E-state index in [0.717, 1.165) is 5.92 Å². The lowest BCUT2D eigenvalue weighted by Gasteiger charge is -2.45. The molecule has 1 aromatic carbocycles. The van der Waals surface area contributed by atoms with Crippen LogP contribution in [0, 0.1) is 5.92 Å². The number of hydrogen-bond donors (Lipinski definition) is 1. The van der Waals surface area contributed by atoms with Crippen LogP contribution >= 0.6 is 0 Å². The zero-order valence-corrected chi connectivity index (χ0v) is 13.5. The van der Waals surface area contributed by atoms with Crippen LogP contribution in [0.4, 0.5) is 0 Å². The van der Waals surface area contributed by atoms with Crippen molar-refractivity contribution in [3.8, 4) is 0 Å². The van der Waals surface area contributed by atoms with E-state index in [2.05, 4.69) is 68.4 Å². The summed E-state index contributed by atoms with van der Waals surface area (Å²) in [5, 5.41) is 3.47. The summed E-state index contributed by atoms with van der Waals surface area (Å²) in [6.07, 6.45) is 3.72. The third-order valence-corrected chi connectivity index (χ3v) is 5.25. The molecule has 4 unspecified atom stereocenters. The van der Waals surface area contributed by atoms with E-state index < -0.39 is 0 Å². The summed E-state index contributed by atoms with van der Waals surface area (Å²) in [4.78, 5) is 2.71. The molecule has 0 radical (unpaired) electrons. The smallest absolute Gasteiger partial charge is 0.0117 e. The Morgan fingerprint density at radius 3 is 2.60 bits per heavy atom. The maximum Gasteiger partial charge on any atom is 0.0117 e. The molecule has 0 bridgehead atoms. The average Bonchev–Trinajstić information content (AvgIpc) is 2.48. The monoisotopic (exact) mass is 274 g/mol. The topological polar surface area (TPSA) is 15.3 Å². The van der Waals surface area contributed by atoms with Gasteiger partial charge >= 0.3 is 0 Å². The van der Waals surface area contributed by atoms with E-state index in [1.807, 2.05) is 0 Å². The first-order valence-electron chi connectivity index (χ1n) is 8.10. The molecule has 1 fully saturated rings. The molecule has 4 atom stereocenters. The molecular weight excluding hydrogens is 244 g/mol. The molecular formula is C18H30N2. The second-order valence-electron chi connectivity index (χ2n) is 6.39. The van der Waals surface area contributed by atoms with Gasteiger partial charge < -0.3 is 5.32 Å². The molecule has 1 aliphatic heterocycles. The van der Waals surface area contributed by atoms with E-state index in [9.17, 15) is 0 Å². The number of rotatable bonds is 5. The molecule has 2 heteroatoms. The highest BCUT2D eigenvalue weighted by Crippen LogP contribution is 2.26. The second-order valence-corrected chi connectivity index (χ2v) is 6.39. The Labute approximate surface area is 124 Å². The third kappa shape index (κ3) is 3.62. The Hall–Kier alpha value is -0.860. The first-order valence-corrected chi connectivity index (χ1v) is 8.10. The van der Waals surface area contributed by atoms with Gasteiger partial charge in [0.2, 0.25) is 0 Å². The van der Waals surface area contributed by atoms with Gasteiger partial charge in [-0.1, -0.05) is 37.3 Å². The van der Waals surface area contributed by atoms with Gasteiger partial charge in [-0.3, -0.25) is 4.90 Å². The largest absolute Gasteiger partial charge is 0.317 e. The molecule has 2 rings (SSSR count). The van der Waals surface area contributed by atoms with Crippen molar-refractivity contribution in [1.29, 1.82) is 0 Å². The summed E-state index contributed by atoms with van der Waals surface area (Å²) < 4.78 is 0. The predicted molar refractivity (Wildman–Crippen MR) is 87.0 cm³/mol. The molecule has 0 aromatic heterocycles. The molecule has 1 saturated heterocycles. The first-order chi connectivity index (χ1) is 9.63. The molecule has 112 valence electrons. The van der Waals surface area contributed by atoms with Gasteiger partial charge in [0.15, 0.2) is 0 Å². The van der Waals surface area contributed by atoms with Gasteiger partial charge in [-0.15, -0.1) is 0 Å². The molecule has 0 aliphatic carbocycles. The van der Waals surface area contributed by atoms with Crippen molar-refractivity contribution >= 4 is 0 Å². The van der Waals surface area contributed by atoms with Gasteiger partial charge in [0.1, 0.15) is 0 Å². The van der Waals surface area contributed by atoms with E-state index in [1.54, 1.807) is 0 Å². The number of hydrogen-bond acceptors (Lipinski definition) is 2. The summed E-state index contributed by atoms with van der Waals surface area (Å²) in [5.74, 6) is 0.730. The summed E-state index contributed by atoms with van der Waals surface area (Å²) in [5.41, 5.74) is 1.46. The number of nitrogens with zero attached hydrogens (tertiary/aromatic N) is 1. The standard InChI is InChI=1S/C18H30N2/c1-14(10-11-17-8-6-5-7-9-17)20-13-12-18(19-4)15(2)16(20)3/h5-9,14-16,18-19H,10-13H2,1-4H3. The number of benzene rings is 1. The lowest BCUT2D eigenvalue weighted by Crippen LogP contribution is -2.55. The van der Waals surface area contributed by atoms with Crippen LogP contribution in [0.25, 0.3) is 0 Å². The molecule has 1 aliphatic rings. The molecule has 0 spiro atoms. The molecule has 1 aromatic rings. The van der Waals surface area contributed by atoms with Gasteiger partial charge in [0, 0.05) is 24.7 Å². The van der Waals surface area contributed by atoms with Crippen LogP contribution in [0.1, 0.15) is 39.2 Å². The minimum absolute atomic E-state index is 0.672. The van der Waals surface area contributed by atoms with Crippen molar-refractivity contribution < 1.29 is 0 Å². The molecule has 20 heavy (non-hydrogen) atoms. The van der Waals surface area contributed by atoms with Gasteiger partial charge in [-0.2, -0.15) is 0 Å². The normalized spacial score (nSPS) is 29.3. The van der Waals surface area contributed by atoms with Crippen molar-refractivity contribution in [2.24, 2.45) is 5.92 Å². The van der Waals surface area contributed by atoms with Gasteiger partial charge in [0.25, 0.3) is 0 Å². The predicted octanol–water partition coefficient (Wildman–Crippen LogP) is 3.33. The zero-order chi connectivity index (χ0) is 14.5. The summed E-state index contributed by atoms with van der Waals surface area (Å²) in [6, 6.07) is 12.9. The Morgan fingerprint density at radius 2 is 1.95 bits per heavy atom. The lowest BCUT2D eigenvalue weighted by atomic mass is 9.85. The fourth-order valence-corrected chi connectivity index (χ4v) is 3.61. The van der Waals surface area contributed by atoms with Crippen molar-refractivity contribution in [3.05, 3.63) is 35.9 Å². The number of nitrogens with one attached hydrogen (secondary N) is 1. The van der Waals surface area contributed by atoms with Crippen LogP contribution < -0.4 is 5.32 Å². The summed E-state index contributed by atoms with van der Waals surface area (Å²) in [6.45, 7) is 8.41. The fourth-order valence-electron chi connectivity index (χ4n) is 3.61. The highest BCUT2D eigenvalue weighted by molar-refractivity contribution is 5.14. The van der Waals surface area contributed by atoms with E-state index in [-0.39, 0.29) is 0 Å². The minimum atomic E-state index is 0.672. The van der Waals surface area contributed by atoms with E-state index >= 15 is 0 Å².